The maximum atomic E-state index is 14.1. The molecule has 0 radical (unpaired) electrons. The van der Waals surface area contributed by atoms with E-state index in [0.29, 0.717) is 21.8 Å². The van der Waals surface area contributed by atoms with Crippen molar-refractivity contribution in [2.75, 3.05) is 13.1 Å². The fraction of sp³-hybridized carbons (Fsp3) is 0.409. The van der Waals surface area contributed by atoms with E-state index in [1.165, 1.54) is 29.2 Å². The van der Waals surface area contributed by atoms with Crippen molar-refractivity contribution in [3.8, 4) is 0 Å². The van der Waals surface area contributed by atoms with Gasteiger partial charge in [-0.05, 0) is 57.2 Å². The highest BCUT2D eigenvalue weighted by atomic mass is 32.2. The van der Waals surface area contributed by atoms with Gasteiger partial charge in [-0.2, -0.15) is 4.21 Å². The van der Waals surface area contributed by atoms with Crippen LogP contribution in [-0.4, -0.2) is 50.7 Å². The molecule has 3 heterocycles. The Kier molecular flexibility index (Phi) is 4.99. The van der Waals surface area contributed by atoms with E-state index >= 15 is 0 Å². The third-order valence-electron chi connectivity index (χ3n) is 5.66. The molecule has 7 nitrogen and oxygen atoms in total. The van der Waals surface area contributed by atoms with E-state index < -0.39 is 52.9 Å². The predicted molar refractivity (Wildman–Crippen MR) is 114 cm³/mol. The molecule has 0 bridgehead atoms. The Balaban J connectivity index is 1.66. The quantitative estimate of drug-likeness (QED) is 0.539. The summed E-state index contributed by atoms with van der Waals surface area (Å²) in [6, 6.07) is 8.04. The number of aromatic nitrogens is 1. The van der Waals surface area contributed by atoms with E-state index in [-0.39, 0.29) is 13.1 Å². The summed E-state index contributed by atoms with van der Waals surface area (Å²) in [6.07, 6.45) is -1.79. The van der Waals surface area contributed by atoms with E-state index in [9.17, 15) is 17.8 Å². The third kappa shape index (κ3) is 3.66. The molecule has 1 aromatic heterocycles. The van der Waals surface area contributed by atoms with Crippen LogP contribution in [0, 0.1) is 11.6 Å². The summed E-state index contributed by atoms with van der Waals surface area (Å²) < 4.78 is 58.6. The standard InChI is InChI=1S/C22H22F2N2O5S/c1-22(2,3)29-21(27)25-10-18(20-19(11-25)30-32(28)31-20)26-16-6-4-12(23)8-14(16)15-9-13(24)5-7-17(15)26/h4-9,18-20H,10-11H2,1-3H3. The summed E-state index contributed by atoms with van der Waals surface area (Å²) in [5, 5.41) is 1.07. The number of amides is 1. The van der Waals surface area contributed by atoms with Gasteiger partial charge in [0, 0.05) is 28.4 Å². The predicted octanol–water partition coefficient (Wildman–Crippen LogP) is 4.23. The van der Waals surface area contributed by atoms with Crippen LogP contribution in [0.2, 0.25) is 0 Å². The van der Waals surface area contributed by atoms with Crippen molar-refractivity contribution in [1.29, 1.82) is 0 Å². The molecule has 3 aromatic rings. The van der Waals surface area contributed by atoms with Crippen molar-refractivity contribution in [2.24, 2.45) is 0 Å². The number of hydrogen-bond donors (Lipinski definition) is 0. The summed E-state index contributed by atoms with van der Waals surface area (Å²) in [5.41, 5.74) is 0.590. The highest BCUT2D eigenvalue weighted by Gasteiger charge is 2.49. The molecule has 4 unspecified atom stereocenters. The number of ether oxygens (including phenoxy) is 1. The molecule has 10 heteroatoms. The molecule has 0 spiro atoms. The van der Waals surface area contributed by atoms with E-state index in [0.717, 1.165) is 0 Å². The van der Waals surface area contributed by atoms with Crippen LogP contribution in [0.15, 0.2) is 36.4 Å². The topological polar surface area (TPSA) is 70.0 Å². The van der Waals surface area contributed by atoms with Crippen LogP contribution < -0.4 is 0 Å². The summed E-state index contributed by atoms with van der Waals surface area (Å²) in [5.74, 6) is -0.890. The number of benzene rings is 2. The van der Waals surface area contributed by atoms with Gasteiger partial charge in [-0.25, -0.2) is 13.6 Å². The Labute approximate surface area is 185 Å². The van der Waals surface area contributed by atoms with Gasteiger partial charge in [-0.15, -0.1) is 0 Å². The number of likely N-dealkylation sites (tertiary alicyclic amines) is 1. The molecule has 2 aliphatic heterocycles. The van der Waals surface area contributed by atoms with E-state index in [1.807, 2.05) is 4.57 Å². The zero-order chi connectivity index (χ0) is 22.8. The van der Waals surface area contributed by atoms with Gasteiger partial charge in [0.1, 0.15) is 29.4 Å². The molecule has 2 aliphatic rings. The molecule has 1 amide bonds. The number of carbonyl (C=O) groups excluding carboxylic acids is 1. The Morgan fingerprint density at radius 2 is 1.62 bits per heavy atom. The molecule has 4 atom stereocenters. The van der Waals surface area contributed by atoms with Crippen molar-refractivity contribution in [3.05, 3.63) is 48.0 Å². The number of piperidine rings is 1. The molecular weight excluding hydrogens is 442 g/mol. The lowest BCUT2D eigenvalue weighted by Gasteiger charge is -2.39. The minimum Gasteiger partial charge on any atom is -0.444 e. The Bertz CT molecular complexity index is 1200. The largest absolute Gasteiger partial charge is 0.444 e. The molecule has 0 aliphatic carbocycles. The van der Waals surface area contributed by atoms with Gasteiger partial charge in [0.25, 0.3) is 0 Å². The minimum absolute atomic E-state index is 0.155. The number of nitrogens with zero attached hydrogens (tertiary/aromatic N) is 2. The van der Waals surface area contributed by atoms with Gasteiger partial charge in [-0.3, -0.25) is 8.37 Å². The first-order valence-electron chi connectivity index (χ1n) is 10.2. The van der Waals surface area contributed by atoms with Crippen LogP contribution in [-0.2, 0) is 24.5 Å². The molecule has 0 saturated carbocycles. The van der Waals surface area contributed by atoms with Crippen LogP contribution >= 0.6 is 0 Å². The van der Waals surface area contributed by atoms with Gasteiger partial charge < -0.3 is 14.2 Å². The first-order chi connectivity index (χ1) is 15.1. The maximum Gasteiger partial charge on any atom is 0.410 e. The fourth-order valence-corrected chi connectivity index (χ4v) is 5.31. The van der Waals surface area contributed by atoms with E-state index in [2.05, 4.69) is 0 Å². The smallest absolute Gasteiger partial charge is 0.410 e. The lowest BCUT2D eigenvalue weighted by atomic mass is 9.99. The van der Waals surface area contributed by atoms with E-state index in [4.69, 9.17) is 13.1 Å². The average molecular weight is 464 g/mol. The summed E-state index contributed by atoms with van der Waals surface area (Å²) in [7, 11) is 0. The molecule has 170 valence electrons. The molecule has 32 heavy (non-hydrogen) atoms. The van der Waals surface area contributed by atoms with Gasteiger partial charge in [0.05, 0.1) is 12.6 Å². The average Bonchev–Trinajstić information content (AvgIpc) is 3.22. The second-order valence-electron chi connectivity index (χ2n) is 9.05. The minimum atomic E-state index is -1.96. The number of carbonyl (C=O) groups is 1. The second-order valence-corrected chi connectivity index (χ2v) is 9.84. The zero-order valence-corrected chi connectivity index (χ0v) is 18.5. The fourth-order valence-electron chi connectivity index (χ4n) is 4.46. The molecule has 2 saturated heterocycles. The number of hydrogen-bond acceptors (Lipinski definition) is 5. The summed E-state index contributed by atoms with van der Waals surface area (Å²) >= 11 is -1.96. The second kappa shape index (κ2) is 7.50. The Morgan fingerprint density at radius 3 is 2.19 bits per heavy atom. The Morgan fingerprint density at radius 1 is 1.03 bits per heavy atom. The van der Waals surface area contributed by atoms with Crippen molar-refractivity contribution < 1.29 is 30.9 Å². The molecular formula is C22H22F2N2O5S. The molecule has 2 aromatic carbocycles. The highest BCUT2D eigenvalue weighted by molar-refractivity contribution is 7.75. The van der Waals surface area contributed by atoms with Crippen molar-refractivity contribution in [1.82, 2.24) is 9.47 Å². The number of fused-ring (bicyclic) bond motifs is 4. The van der Waals surface area contributed by atoms with Gasteiger partial charge in [-0.1, -0.05) is 0 Å². The lowest BCUT2D eigenvalue weighted by Crippen LogP contribution is -2.54. The third-order valence-corrected chi connectivity index (χ3v) is 6.44. The number of halogens is 2. The van der Waals surface area contributed by atoms with Gasteiger partial charge in [0.15, 0.2) is 0 Å². The van der Waals surface area contributed by atoms with Crippen molar-refractivity contribution >= 4 is 39.3 Å². The van der Waals surface area contributed by atoms with Crippen LogP contribution in [0.1, 0.15) is 26.8 Å². The zero-order valence-electron chi connectivity index (χ0n) is 17.7. The summed E-state index contributed by atoms with van der Waals surface area (Å²) in [6.45, 7) is 5.66. The van der Waals surface area contributed by atoms with Crippen molar-refractivity contribution in [2.45, 2.75) is 44.6 Å². The van der Waals surface area contributed by atoms with Gasteiger partial charge in [0.2, 0.25) is 0 Å². The normalized spacial score (nSPS) is 26.0. The maximum absolute atomic E-state index is 14.1. The lowest BCUT2D eigenvalue weighted by molar-refractivity contribution is -0.0162. The monoisotopic (exact) mass is 464 g/mol. The highest BCUT2D eigenvalue weighted by Crippen LogP contribution is 2.40. The van der Waals surface area contributed by atoms with Gasteiger partial charge >= 0.3 is 17.5 Å². The summed E-state index contributed by atoms with van der Waals surface area (Å²) in [4.78, 5) is 14.3. The molecule has 5 rings (SSSR count). The first kappa shape index (κ1) is 21.3. The van der Waals surface area contributed by atoms with E-state index in [1.54, 1.807) is 32.9 Å². The SMILES string of the molecule is CC(C)(C)OC(=O)N1CC2OS(=O)OC2C(n2c3ccc(F)cc3c3cc(F)ccc32)C1. The molecule has 0 N–H and O–H groups in total. The van der Waals surface area contributed by atoms with Crippen LogP contribution in [0.25, 0.3) is 21.8 Å². The van der Waals surface area contributed by atoms with Crippen LogP contribution in [0.4, 0.5) is 13.6 Å². The van der Waals surface area contributed by atoms with Crippen LogP contribution in [0.5, 0.6) is 0 Å². The Hall–Kier alpha value is -2.56. The molecule has 2 fully saturated rings. The first-order valence-corrected chi connectivity index (χ1v) is 11.2. The van der Waals surface area contributed by atoms with Crippen molar-refractivity contribution in [3.63, 3.8) is 0 Å². The van der Waals surface area contributed by atoms with Crippen LogP contribution in [0.3, 0.4) is 0 Å². The number of rotatable bonds is 1.